The van der Waals surface area contributed by atoms with Gasteiger partial charge in [0.05, 0.1) is 11.2 Å². The molecule has 0 aromatic rings. The molecular weight excluding hydrogens is 227 g/mol. The molecule has 3 fully saturated rings. The molecule has 0 radical (unpaired) electrons. The van der Waals surface area contributed by atoms with E-state index in [0.29, 0.717) is 17.9 Å². The second-order valence-corrected chi connectivity index (χ2v) is 6.94. The van der Waals surface area contributed by atoms with Gasteiger partial charge in [-0.1, -0.05) is 12.8 Å². The quantitative estimate of drug-likeness (QED) is 0.694. The van der Waals surface area contributed by atoms with E-state index >= 15 is 0 Å². The lowest BCUT2D eigenvalue weighted by atomic mass is 9.61. The molecule has 3 unspecified atom stereocenters. The Balaban J connectivity index is 1.76. The van der Waals surface area contributed by atoms with Gasteiger partial charge in [-0.05, 0) is 34.1 Å². The number of hydrogen-bond acceptors (Lipinski definition) is 4. The van der Waals surface area contributed by atoms with E-state index in [1.54, 1.807) is 0 Å². The minimum absolute atomic E-state index is 0.0600. The second-order valence-electron chi connectivity index (χ2n) is 6.94. The molecule has 2 N–H and O–H groups in total. The van der Waals surface area contributed by atoms with Crippen molar-refractivity contribution in [1.29, 1.82) is 0 Å². The van der Waals surface area contributed by atoms with Gasteiger partial charge in [0.2, 0.25) is 0 Å². The van der Waals surface area contributed by atoms with E-state index in [0.717, 1.165) is 6.67 Å². The summed E-state index contributed by atoms with van der Waals surface area (Å²) in [5.74, 6) is 0.472. The minimum Gasteiger partial charge on any atom is -0.403 e. The Morgan fingerprint density at radius 1 is 1.00 bits per heavy atom. The van der Waals surface area contributed by atoms with E-state index in [4.69, 9.17) is 9.31 Å². The zero-order chi connectivity index (χ0) is 13.0. The fourth-order valence-electron chi connectivity index (χ4n) is 3.43. The summed E-state index contributed by atoms with van der Waals surface area (Å²) < 4.78 is 12.4. The van der Waals surface area contributed by atoms with Crippen molar-refractivity contribution >= 4 is 7.12 Å². The Kier molecular flexibility index (Phi) is 3.01. The van der Waals surface area contributed by atoms with Crippen LogP contribution in [0, 0.1) is 0 Å². The minimum atomic E-state index is -0.212. The Labute approximate surface area is 110 Å². The van der Waals surface area contributed by atoms with Crippen molar-refractivity contribution in [3.05, 3.63) is 0 Å². The lowest BCUT2D eigenvalue weighted by molar-refractivity contribution is 0.00578. The predicted octanol–water partition coefficient (Wildman–Crippen LogP) is 1.52. The van der Waals surface area contributed by atoms with Crippen LogP contribution in [0.5, 0.6) is 0 Å². The summed E-state index contributed by atoms with van der Waals surface area (Å²) >= 11 is 0. The Hall–Kier alpha value is -0.0951. The maximum Gasteiger partial charge on any atom is 0.462 e. The monoisotopic (exact) mass is 252 g/mol. The van der Waals surface area contributed by atoms with Crippen LogP contribution in [0.1, 0.15) is 47.0 Å². The molecule has 0 aromatic heterocycles. The van der Waals surface area contributed by atoms with Crippen LogP contribution in [0.4, 0.5) is 0 Å². The zero-order valence-corrected chi connectivity index (χ0v) is 12.0. The zero-order valence-electron chi connectivity index (χ0n) is 12.0. The molecule has 2 saturated heterocycles. The van der Waals surface area contributed by atoms with Gasteiger partial charge in [0, 0.05) is 24.6 Å². The summed E-state index contributed by atoms with van der Waals surface area (Å²) in [6.07, 6.45) is 3.74. The van der Waals surface area contributed by atoms with Crippen LogP contribution >= 0.6 is 0 Å². The smallest absolute Gasteiger partial charge is 0.403 e. The maximum atomic E-state index is 6.22. The first kappa shape index (κ1) is 12.9. The molecule has 3 aliphatic rings. The largest absolute Gasteiger partial charge is 0.462 e. The van der Waals surface area contributed by atoms with Gasteiger partial charge in [0.25, 0.3) is 0 Å². The molecule has 102 valence electrons. The number of rotatable bonds is 1. The van der Waals surface area contributed by atoms with Crippen molar-refractivity contribution in [2.75, 3.05) is 6.67 Å². The molecule has 18 heavy (non-hydrogen) atoms. The van der Waals surface area contributed by atoms with E-state index in [2.05, 4.69) is 38.3 Å². The first-order chi connectivity index (χ1) is 8.41. The van der Waals surface area contributed by atoms with Gasteiger partial charge in [-0.2, -0.15) is 0 Å². The van der Waals surface area contributed by atoms with Crippen LogP contribution < -0.4 is 10.6 Å². The molecule has 3 atom stereocenters. The van der Waals surface area contributed by atoms with Crippen molar-refractivity contribution in [1.82, 2.24) is 10.6 Å². The van der Waals surface area contributed by atoms with Gasteiger partial charge in [-0.3, -0.25) is 0 Å². The topological polar surface area (TPSA) is 42.5 Å². The average molecular weight is 252 g/mol. The third-order valence-corrected chi connectivity index (χ3v) is 5.27. The van der Waals surface area contributed by atoms with Gasteiger partial charge >= 0.3 is 7.12 Å². The molecule has 1 aliphatic carbocycles. The summed E-state index contributed by atoms with van der Waals surface area (Å²) in [5.41, 5.74) is -0.423. The molecular formula is C13H25BN2O2. The van der Waals surface area contributed by atoms with E-state index in [-0.39, 0.29) is 18.3 Å². The van der Waals surface area contributed by atoms with Crippen LogP contribution in [-0.4, -0.2) is 37.1 Å². The Morgan fingerprint density at radius 3 is 2.33 bits per heavy atom. The summed E-state index contributed by atoms with van der Waals surface area (Å²) in [6.45, 7) is 9.45. The predicted molar refractivity (Wildman–Crippen MR) is 72.4 cm³/mol. The van der Waals surface area contributed by atoms with Crippen molar-refractivity contribution < 1.29 is 9.31 Å². The molecule has 2 heterocycles. The molecule has 5 heteroatoms. The van der Waals surface area contributed by atoms with Gasteiger partial charge < -0.3 is 19.9 Å². The van der Waals surface area contributed by atoms with E-state index in [1.807, 2.05) is 0 Å². The van der Waals surface area contributed by atoms with Gasteiger partial charge in [-0.15, -0.1) is 0 Å². The fourth-order valence-corrected chi connectivity index (χ4v) is 3.43. The van der Waals surface area contributed by atoms with Crippen molar-refractivity contribution in [3.8, 4) is 0 Å². The number of nitrogens with one attached hydrogen (secondary N) is 2. The summed E-state index contributed by atoms with van der Waals surface area (Å²) in [6, 6.07) is 1.11. The van der Waals surface area contributed by atoms with Crippen molar-refractivity contribution in [2.45, 2.75) is 76.1 Å². The molecule has 3 rings (SSSR count). The molecule has 4 nitrogen and oxygen atoms in total. The molecule has 0 spiro atoms. The number of fused-ring (bicyclic) bond motifs is 1. The van der Waals surface area contributed by atoms with Gasteiger partial charge in [0.1, 0.15) is 0 Å². The second kappa shape index (κ2) is 4.20. The molecule has 2 aliphatic heterocycles. The average Bonchev–Trinajstić information content (AvgIpc) is 2.81. The summed E-state index contributed by atoms with van der Waals surface area (Å²) in [4.78, 5) is 0. The third-order valence-electron chi connectivity index (χ3n) is 5.27. The van der Waals surface area contributed by atoms with Gasteiger partial charge in [-0.25, -0.2) is 0 Å². The molecule has 0 amide bonds. The van der Waals surface area contributed by atoms with Gasteiger partial charge in [0.15, 0.2) is 0 Å². The van der Waals surface area contributed by atoms with Crippen LogP contribution in [-0.2, 0) is 9.31 Å². The normalized spacial score (nSPS) is 42.0. The van der Waals surface area contributed by atoms with E-state index < -0.39 is 0 Å². The van der Waals surface area contributed by atoms with Crippen LogP contribution in [0.15, 0.2) is 0 Å². The lowest BCUT2D eigenvalue weighted by Gasteiger charge is -2.34. The third kappa shape index (κ3) is 1.92. The molecule has 1 saturated carbocycles. The van der Waals surface area contributed by atoms with Crippen LogP contribution in [0.25, 0.3) is 0 Å². The first-order valence-electron chi connectivity index (χ1n) is 7.23. The molecule has 0 bridgehead atoms. The highest BCUT2D eigenvalue weighted by Crippen LogP contribution is 2.44. The highest BCUT2D eigenvalue weighted by Gasteiger charge is 2.56. The highest BCUT2D eigenvalue weighted by atomic mass is 16.7. The SMILES string of the molecule is CC1(C)OB(C2CCCC3NCNC32)OC1(C)C. The van der Waals surface area contributed by atoms with Crippen molar-refractivity contribution in [2.24, 2.45) is 0 Å². The first-order valence-corrected chi connectivity index (χ1v) is 7.23. The lowest BCUT2D eigenvalue weighted by Crippen LogP contribution is -2.47. The Bertz CT molecular complexity index is 319. The van der Waals surface area contributed by atoms with E-state index in [1.165, 1.54) is 19.3 Å². The standard InChI is InChI=1S/C13H25BN2O2/c1-12(2)13(3,4)18-14(17-12)9-6-5-7-10-11(9)16-8-15-10/h9-11,15-16H,5-8H2,1-4H3. The maximum absolute atomic E-state index is 6.22. The fraction of sp³-hybridized carbons (Fsp3) is 1.00. The Morgan fingerprint density at radius 2 is 1.67 bits per heavy atom. The van der Waals surface area contributed by atoms with E-state index in [9.17, 15) is 0 Å². The summed E-state index contributed by atoms with van der Waals surface area (Å²) in [7, 11) is -0.0600. The van der Waals surface area contributed by atoms with Crippen molar-refractivity contribution in [3.63, 3.8) is 0 Å². The van der Waals surface area contributed by atoms with Crippen LogP contribution in [0.2, 0.25) is 5.82 Å². The summed E-state index contributed by atoms with van der Waals surface area (Å²) in [5, 5.41) is 7.10. The van der Waals surface area contributed by atoms with Crippen LogP contribution in [0.3, 0.4) is 0 Å². The number of hydrogen-bond donors (Lipinski definition) is 2. The highest BCUT2D eigenvalue weighted by molar-refractivity contribution is 6.47. The molecule has 0 aromatic carbocycles.